The molecule has 3 aromatic rings. The van der Waals surface area contributed by atoms with E-state index in [1.165, 1.54) is 16.0 Å². The number of hydrogen-bond acceptors (Lipinski definition) is 2. The minimum atomic E-state index is 0.700. The lowest BCUT2D eigenvalue weighted by Gasteiger charge is -2.11. The molecule has 3 rings (SSSR count). The van der Waals surface area contributed by atoms with Gasteiger partial charge in [0.2, 0.25) is 0 Å². The zero-order valence-electron chi connectivity index (χ0n) is 19.9. The molecule has 0 aliphatic carbocycles. The molecule has 33 heavy (non-hydrogen) atoms. The average molecular weight is 475 g/mol. The lowest BCUT2D eigenvalue weighted by Crippen LogP contribution is -1.97. The van der Waals surface area contributed by atoms with E-state index in [0.717, 1.165) is 46.1 Å². The Balaban J connectivity index is 2.00. The predicted molar refractivity (Wildman–Crippen MR) is 148 cm³/mol. The molecule has 0 aliphatic rings. The van der Waals surface area contributed by atoms with Crippen molar-refractivity contribution in [3.63, 3.8) is 0 Å². The fourth-order valence-corrected chi connectivity index (χ4v) is 4.44. The standard InChI is InChI=1S/C29H31ClN2S/c1-7-11-23(24-13-10-14-25(18-24)33-8-2)17-16-22(6)32-19-27(20(3)4)31-29(32)26-15-9-12-21(5)28(26)30/h9-19H,3,6-8H2,1-2,4-5H3/b17-16-,23-11+. The summed E-state index contributed by atoms with van der Waals surface area (Å²) in [5, 5.41) is 0.700. The number of nitrogens with zero attached hydrogens (tertiary/aromatic N) is 2. The van der Waals surface area contributed by atoms with Crippen LogP contribution in [-0.4, -0.2) is 15.3 Å². The molecule has 2 nitrogen and oxygen atoms in total. The number of halogens is 1. The van der Waals surface area contributed by atoms with Crippen molar-refractivity contribution in [1.82, 2.24) is 9.55 Å². The maximum Gasteiger partial charge on any atom is 0.146 e. The van der Waals surface area contributed by atoms with Gasteiger partial charge in [0.15, 0.2) is 0 Å². The van der Waals surface area contributed by atoms with E-state index < -0.39 is 0 Å². The van der Waals surface area contributed by atoms with Gasteiger partial charge in [0.05, 0.1) is 10.7 Å². The molecule has 4 heteroatoms. The lowest BCUT2D eigenvalue weighted by molar-refractivity contribution is 1.11. The molecule has 0 radical (unpaired) electrons. The highest BCUT2D eigenvalue weighted by atomic mass is 35.5. The van der Waals surface area contributed by atoms with Crippen LogP contribution in [0.15, 0.2) is 84.9 Å². The molecule has 0 atom stereocenters. The van der Waals surface area contributed by atoms with Gasteiger partial charge in [-0.3, -0.25) is 4.57 Å². The summed E-state index contributed by atoms with van der Waals surface area (Å²) in [5.74, 6) is 1.82. The van der Waals surface area contributed by atoms with Crippen molar-refractivity contribution in [2.45, 2.75) is 39.0 Å². The molecular formula is C29H31ClN2S. The highest BCUT2D eigenvalue weighted by molar-refractivity contribution is 7.99. The van der Waals surface area contributed by atoms with Crippen molar-refractivity contribution in [2.75, 3.05) is 5.75 Å². The van der Waals surface area contributed by atoms with Crippen LogP contribution >= 0.6 is 23.4 Å². The third-order valence-corrected chi connectivity index (χ3v) is 6.62. The Morgan fingerprint density at radius 2 is 1.88 bits per heavy atom. The minimum Gasteiger partial charge on any atom is -0.300 e. The topological polar surface area (TPSA) is 17.8 Å². The lowest BCUT2D eigenvalue weighted by atomic mass is 10.0. The van der Waals surface area contributed by atoms with Crippen molar-refractivity contribution < 1.29 is 0 Å². The molecule has 170 valence electrons. The molecule has 0 aliphatic heterocycles. The first-order chi connectivity index (χ1) is 15.8. The van der Waals surface area contributed by atoms with Gasteiger partial charge >= 0.3 is 0 Å². The second-order valence-electron chi connectivity index (χ2n) is 7.89. The van der Waals surface area contributed by atoms with Gasteiger partial charge in [0.1, 0.15) is 5.82 Å². The molecule has 0 fully saturated rings. The number of rotatable bonds is 9. The first kappa shape index (κ1) is 24.9. The van der Waals surface area contributed by atoms with Crippen LogP contribution in [0.25, 0.3) is 28.2 Å². The summed E-state index contributed by atoms with van der Waals surface area (Å²) in [6, 6.07) is 14.7. The SMILES string of the molecule is C=C(C)c1cn(C(=C)/C=C\C(=C/CC)c2cccc(SCC)c2)c(-c2cccc(C)c2Cl)n1. The van der Waals surface area contributed by atoms with Crippen LogP contribution in [0.4, 0.5) is 0 Å². The smallest absolute Gasteiger partial charge is 0.146 e. The molecular weight excluding hydrogens is 444 g/mol. The van der Waals surface area contributed by atoms with Crippen molar-refractivity contribution in [1.29, 1.82) is 0 Å². The summed E-state index contributed by atoms with van der Waals surface area (Å²) >= 11 is 8.50. The van der Waals surface area contributed by atoms with Crippen molar-refractivity contribution >= 4 is 40.2 Å². The highest BCUT2D eigenvalue weighted by Crippen LogP contribution is 2.33. The molecule has 0 N–H and O–H groups in total. The molecule has 0 saturated heterocycles. The Morgan fingerprint density at radius 1 is 1.12 bits per heavy atom. The van der Waals surface area contributed by atoms with E-state index in [1.54, 1.807) is 0 Å². The van der Waals surface area contributed by atoms with E-state index in [4.69, 9.17) is 16.6 Å². The monoisotopic (exact) mass is 474 g/mol. The van der Waals surface area contributed by atoms with Gasteiger partial charge in [-0.1, -0.05) is 75.0 Å². The van der Waals surface area contributed by atoms with Crippen LogP contribution in [0.3, 0.4) is 0 Å². The summed E-state index contributed by atoms with van der Waals surface area (Å²) in [4.78, 5) is 6.10. The van der Waals surface area contributed by atoms with Gasteiger partial charge in [-0.25, -0.2) is 4.98 Å². The normalized spacial score (nSPS) is 11.8. The predicted octanol–water partition coefficient (Wildman–Crippen LogP) is 9.18. The van der Waals surface area contributed by atoms with E-state index in [9.17, 15) is 0 Å². The summed E-state index contributed by atoms with van der Waals surface area (Å²) in [6.45, 7) is 16.7. The van der Waals surface area contributed by atoms with Crippen molar-refractivity contribution in [3.8, 4) is 11.4 Å². The van der Waals surface area contributed by atoms with Crippen LogP contribution < -0.4 is 0 Å². The van der Waals surface area contributed by atoms with Gasteiger partial charge < -0.3 is 0 Å². The first-order valence-corrected chi connectivity index (χ1v) is 12.5. The Hall–Kier alpha value is -2.75. The van der Waals surface area contributed by atoms with Gasteiger partial charge in [0.25, 0.3) is 0 Å². The number of thioether (sulfide) groups is 1. The van der Waals surface area contributed by atoms with E-state index >= 15 is 0 Å². The summed E-state index contributed by atoms with van der Waals surface area (Å²) in [6.07, 6.45) is 9.34. The van der Waals surface area contributed by atoms with E-state index in [2.05, 4.69) is 63.4 Å². The fraction of sp³-hybridized carbons (Fsp3) is 0.207. The molecule has 0 saturated carbocycles. The summed E-state index contributed by atoms with van der Waals surface area (Å²) in [5.41, 5.74) is 6.80. The maximum absolute atomic E-state index is 6.65. The van der Waals surface area contributed by atoms with Crippen LogP contribution in [0, 0.1) is 6.92 Å². The maximum atomic E-state index is 6.65. The van der Waals surface area contributed by atoms with E-state index in [1.807, 2.05) is 60.6 Å². The van der Waals surface area contributed by atoms with Crippen LogP contribution in [0.1, 0.15) is 44.0 Å². The largest absolute Gasteiger partial charge is 0.300 e. The Kier molecular flexibility index (Phi) is 8.60. The first-order valence-electron chi connectivity index (χ1n) is 11.2. The molecule has 0 bridgehead atoms. The van der Waals surface area contributed by atoms with Gasteiger partial charge in [-0.05, 0) is 72.6 Å². The number of aryl methyl sites for hydroxylation is 1. The fourth-order valence-electron chi connectivity index (χ4n) is 3.52. The van der Waals surface area contributed by atoms with Crippen LogP contribution in [0.2, 0.25) is 5.02 Å². The third kappa shape index (κ3) is 5.98. The Labute approximate surface area is 207 Å². The van der Waals surface area contributed by atoms with Crippen molar-refractivity contribution in [2.24, 2.45) is 0 Å². The number of imidazole rings is 1. The summed E-state index contributed by atoms with van der Waals surface area (Å²) in [7, 11) is 0. The van der Waals surface area contributed by atoms with Gasteiger partial charge in [-0.15, -0.1) is 11.8 Å². The van der Waals surface area contributed by atoms with E-state index in [0.29, 0.717) is 5.02 Å². The third-order valence-electron chi connectivity index (χ3n) is 5.24. The van der Waals surface area contributed by atoms with Crippen LogP contribution in [0.5, 0.6) is 0 Å². The zero-order valence-corrected chi connectivity index (χ0v) is 21.4. The quantitative estimate of drug-likeness (QED) is 0.227. The Morgan fingerprint density at radius 3 is 2.58 bits per heavy atom. The molecule has 2 aromatic carbocycles. The minimum absolute atomic E-state index is 0.700. The number of benzene rings is 2. The number of hydrogen-bond donors (Lipinski definition) is 0. The molecule has 1 aromatic heterocycles. The summed E-state index contributed by atoms with van der Waals surface area (Å²) < 4.78 is 1.99. The number of allylic oxidation sites excluding steroid dienone is 6. The zero-order chi connectivity index (χ0) is 24.0. The molecule has 0 spiro atoms. The molecule has 0 amide bonds. The van der Waals surface area contributed by atoms with E-state index in [-0.39, 0.29) is 0 Å². The Bertz CT molecular complexity index is 1230. The van der Waals surface area contributed by atoms with Crippen LogP contribution in [-0.2, 0) is 0 Å². The van der Waals surface area contributed by atoms with Gasteiger partial charge in [0, 0.05) is 22.4 Å². The molecule has 0 unspecified atom stereocenters. The highest BCUT2D eigenvalue weighted by Gasteiger charge is 2.15. The second-order valence-corrected chi connectivity index (χ2v) is 9.61. The second kappa shape index (κ2) is 11.4. The number of aromatic nitrogens is 2. The molecule has 1 heterocycles. The van der Waals surface area contributed by atoms with Gasteiger partial charge in [-0.2, -0.15) is 0 Å². The average Bonchev–Trinajstić information content (AvgIpc) is 3.24. The van der Waals surface area contributed by atoms with Crippen molar-refractivity contribution in [3.05, 3.63) is 102 Å².